The van der Waals surface area contributed by atoms with Gasteiger partial charge in [0.2, 0.25) is 5.91 Å². The van der Waals surface area contributed by atoms with Gasteiger partial charge in [-0.1, -0.05) is 0 Å². The first-order valence-corrected chi connectivity index (χ1v) is 3.59. The Kier molecular flexibility index (Phi) is 2.59. The summed E-state index contributed by atoms with van der Waals surface area (Å²) in [5.74, 6) is -1.18. The van der Waals surface area contributed by atoms with Gasteiger partial charge < -0.3 is 10.6 Å². The summed E-state index contributed by atoms with van der Waals surface area (Å²) in [6.07, 6.45) is 4.59. The molecule has 0 bridgehead atoms. The van der Waals surface area contributed by atoms with Crippen LogP contribution in [0.15, 0.2) is 24.4 Å². The smallest absolute Gasteiger partial charge is 0.251 e. The molecule has 0 saturated carbocycles. The van der Waals surface area contributed by atoms with E-state index in [1.807, 2.05) is 0 Å². The van der Waals surface area contributed by atoms with Gasteiger partial charge >= 0.3 is 0 Å². The maximum Gasteiger partial charge on any atom is 0.251 e. The zero-order valence-corrected chi connectivity index (χ0v) is 6.77. The number of hydrogen-bond acceptors (Lipinski definition) is 3. The maximum atomic E-state index is 11.0. The Balaban J connectivity index is 2.71. The molecule has 13 heavy (non-hydrogen) atoms. The van der Waals surface area contributed by atoms with Crippen molar-refractivity contribution >= 4 is 17.6 Å². The number of amides is 2. The molecule has 1 aliphatic heterocycles. The molecule has 0 unspecified atom stereocenters. The van der Waals surface area contributed by atoms with E-state index < -0.39 is 5.91 Å². The van der Waals surface area contributed by atoms with Crippen molar-refractivity contribution in [3.63, 3.8) is 0 Å². The third-order valence-electron chi connectivity index (χ3n) is 1.44. The second-order valence-corrected chi connectivity index (χ2v) is 2.48. The molecule has 2 amide bonds. The predicted octanol–water partition coefficient (Wildman–Crippen LogP) is -1.05. The van der Waals surface area contributed by atoms with Crippen LogP contribution in [0.5, 0.6) is 0 Å². The molecular weight excluding hydrogens is 172 g/mol. The first kappa shape index (κ1) is 9.18. The Labute approximate surface area is 74.5 Å². The molecular formula is C8H8N2O3. The van der Waals surface area contributed by atoms with Crippen LogP contribution in [0.4, 0.5) is 0 Å². The fourth-order valence-corrected chi connectivity index (χ4v) is 0.848. The topological polar surface area (TPSA) is 80.5 Å². The highest BCUT2D eigenvalue weighted by atomic mass is 16.2. The molecule has 1 rings (SSSR count). The molecule has 0 saturated heterocycles. The van der Waals surface area contributed by atoms with Gasteiger partial charge in [-0.15, -0.1) is 0 Å². The number of primary amides is 1. The minimum Gasteiger partial charge on any atom is -0.366 e. The van der Waals surface area contributed by atoms with Crippen LogP contribution < -0.4 is 5.73 Å². The van der Waals surface area contributed by atoms with Crippen molar-refractivity contribution in [2.45, 2.75) is 0 Å². The summed E-state index contributed by atoms with van der Waals surface area (Å²) in [6.45, 7) is -0.0425. The Morgan fingerprint density at radius 1 is 1.46 bits per heavy atom. The minimum atomic E-state index is -0.658. The van der Waals surface area contributed by atoms with Gasteiger partial charge in [0, 0.05) is 18.4 Å². The third-order valence-corrected chi connectivity index (χ3v) is 1.44. The number of ketones is 1. The van der Waals surface area contributed by atoms with Crippen LogP contribution in [0.25, 0.3) is 0 Å². The average molecular weight is 180 g/mol. The van der Waals surface area contributed by atoms with Crippen molar-refractivity contribution in [3.05, 3.63) is 24.4 Å². The Bertz CT molecular complexity index is 317. The first-order valence-electron chi connectivity index (χ1n) is 3.59. The van der Waals surface area contributed by atoms with Gasteiger partial charge in [-0.2, -0.15) is 0 Å². The molecule has 0 spiro atoms. The first-order chi connectivity index (χ1) is 6.09. The van der Waals surface area contributed by atoms with E-state index in [0.717, 1.165) is 17.1 Å². The van der Waals surface area contributed by atoms with Crippen LogP contribution in [0.2, 0.25) is 0 Å². The van der Waals surface area contributed by atoms with E-state index in [4.69, 9.17) is 5.73 Å². The lowest BCUT2D eigenvalue weighted by Crippen LogP contribution is -2.33. The summed E-state index contributed by atoms with van der Waals surface area (Å²) in [6, 6.07) is 0. The van der Waals surface area contributed by atoms with Gasteiger partial charge in [-0.3, -0.25) is 14.4 Å². The van der Waals surface area contributed by atoms with Crippen LogP contribution in [0.1, 0.15) is 0 Å². The van der Waals surface area contributed by atoms with Crippen molar-refractivity contribution in [1.29, 1.82) is 0 Å². The maximum absolute atomic E-state index is 11.0. The zero-order valence-electron chi connectivity index (χ0n) is 6.77. The highest BCUT2D eigenvalue weighted by molar-refractivity contribution is 6.05. The Hall–Kier alpha value is -1.91. The molecule has 0 radical (unpaired) electrons. The molecule has 0 aromatic heterocycles. The van der Waals surface area contributed by atoms with Gasteiger partial charge in [-0.05, 0) is 6.08 Å². The molecule has 0 aromatic carbocycles. The lowest BCUT2D eigenvalue weighted by Gasteiger charge is -2.17. The van der Waals surface area contributed by atoms with E-state index in [-0.39, 0.29) is 18.2 Å². The molecule has 5 heteroatoms. The number of nitrogens with zero attached hydrogens (tertiary/aromatic N) is 1. The second-order valence-electron chi connectivity index (χ2n) is 2.48. The number of carbonyl (C=O) groups is 3. The lowest BCUT2D eigenvalue weighted by atomic mass is 10.2. The number of carbonyl (C=O) groups excluding carboxylic acids is 3. The SMILES string of the molecule is NC(=O)C=CN1CC(=O)C=CC1=O. The summed E-state index contributed by atoms with van der Waals surface area (Å²) in [4.78, 5) is 33.3. The fraction of sp³-hybridized carbons (Fsp3) is 0.125. The molecule has 0 fully saturated rings. The molecule has 0 aliphatic carbocycles. The van der Waals surface area contributed by atoms with E-state index in [2.05, 4.69) is 0 Å². The summed E-state index contributed by atoms with van der Waals surface area (Å²) in [5.41, 5.74) is 4.82. The van der Waals surface area contributed by atoms with E-state index in [9.17, 15) is 14.4 Å². The van der Waals surface area contributed by atoms with Crippen LogP contribution in [0, 0.1) is 0 Å². The minimum absolute atomic E-state index is 0.0425. The Morgan fingerprint density at radius 3 is 2.77 bits per heavy atom. The molecule has 5 nitrogen and oxygen atoms in total. The molecule has 2 N–H and O–H groups in total. The quantitative estimate of drug-likeness (QED) is 0.551. The second kappa shape index (κ2) is 3.66. The standard InChI is InChI=1S/C8H8N2O3/c9-7(12)3-4-10-5-6(11)1-2-8(10)13/h1-4H,5H2,(H2,9,12). The van der Waals surface area contributed by atoms with Crippen molar-refractivity contribution in [2.75, 3.05) is 6.54 Å². The van der Waals surface area contributed by atoms with Gasteiger partial charge in [0.1, 0.15) is 0 Å². The summed E-state index contributed by atoms with van der Waals surface area (Å²) in [7, 11) is 0. The van der Waals surface area contributed by atoms with Crippen LogP contribution in [0.3, 0.4) is 0 Å². The molecule has 0 aromatic rings. The average Bonchev–Trinajstić information content (AvgIpc) is 2.06. The fourth-order valence-electron chi connectivity index (χ4n) is 0.848. The molecule has 68 valence electrons. The molecule has 0 atom stereocenters. The molecule has 1 heterocycles. The summed E-state index contributed by atoms with van der Waals surface area (Å²) >= 11 is 0. The van der Waals surface area contributed by atoms with Crippen molar-refractivity contribution in [1.82, 2.24) is 4.90 Å². The van der Waals surface area contributed by atoms with Crippen LogP contribution in [-0.2, 0) is 14.4 Å². The highest BCUT2D eigenvalue weighted by Crippen LogP contribution is 2.00. The lowest BCUT2D eigenvalue weighted by molar-refractivity contribution is -0.129. The monoisotopic (exact) mass is 180 g/mol. The van der Waals surface area contributed by atoms with Gasteiger partial charge in [0.15, 0.2) is 5.78 Å². The number of nitrogens with two attached hydrogens (primary N) is 1. The van der Waals surface area contributed by atoms with E-state index >= 15 is 0 Å². The Morgan fingerprint density at radius 2 is 2.15 bits per heavy atom. The van der Waals surface area contributed by atoms with Gasteiger partial charge in [0.25, 0.3) is 5.91 Å². The highest BCUT2D eigenvalue weighted by Gasteiger charge is 2.15. The van der Waals surface area contributed by atoms with E-state index in [1.54, 1.807) is 0 Å². The van der Waals surface area contributed by atoms with Crippen molar-refractivity contribution in [2.24, 2.45) is 5.73 Å². The van der Waals surface area contributed by atoms with Crippen LogP contribution >= 0.6 is 0 Å². The normalized spacial score (nSPS) is 17.1. The number of hydrogen-bond donors (Lipinski definition) is 1. The predicted molar refractivity (Wildman–Crippen MR) is 44.2 cm³/mol. The van der Waals surface area contributed by atoms with Crippen LogP contribution in [-0.4, -0.2) is 29.0 Å². The number of rotatable bonds is 2. The van der Waals surface area contributed by atoms with E-state index in [0.29, 0.717) is 0 Å². The van der Waals surface area contributed by atoms with Gasteiger partial charge in [-0.25, -0.2) is 0 Å². The van der Waals surface area contributed by atoms with E-state index in [1.165, 1.54) is 12.3 Å². The third kappa shape index (κ3) is 2.55. The largest absolute Gasteiger partial charge is 0.366 e. The zero-order chi connectivity index (χ0) is 9.84. The summed E-state index contributed by atoms with van der Waals surface area (Å²) in [5, 5.41) is 0. The van der Waals surface area contributed by atoms with Gasteiger partial charge in [0.05, 0.1) is 6.54 Å². The summed E-state index contributed by atoms with van der Waals surface area (Å²) < 4.78 is 0. The molecule has 1 aliphatic rings. The van der Waals surface area contributed by atoms with Crippen molar-refractivity contribution in [3.8, 4) is 0 Å². The van der Waals surface area contributed by atoms with Crippen molar-refractivity contribution < 1.29 is 14.4 Å².